The molecule has 0 nitrogen and oxygen atoms in total. The third-order valence-electron chi connectivity index (χ3n) is 2.22. The molecule has 15 heavy (non-hydrogen) atoms. The van der Waals surface area contributed by atoms with Crippen molar-refractivity contribution in [3.63, 3.8) is 0 Å². The third kappa shape index (κ3) is 1.84. The predicted molar refractivity (Wildman–Crippen MR) is 76.0 cm³/mol. The highest BCUT2D eigenvalue weighted by Gasteiger charge is 2.20. The lowest BCUT2D eigenvalue weighted by molar-refractivity contribution is 1.66. The Balaban J connectivity index is 1.89. The molecule has 0 bridgehead atoms. The lowest BCUT2D eigenvalue weighted by Gasteiger charge is -2.01. The number of hydrogen-bond acceptors (Lipinski definition) is 2. The molecule has 1 atom stereocenters. The van der Waals surface area contributed by atoms with Gasteiger partial charge in [-0.1, -0.05) is 62.4 Å². The van der Waals surface area contributed by atoms with E-state index >= 15 is 0 Å². The summed E-state index contributed by atoms with van der Waals surface area (Å²) in [6.45, 7) is 2.19. The average Bonchev–Trinajstić information content (AvgIpc) is 2.76. The van der Waals surface area contributed by atoms with Gasteiger partial charge in [-0.05, 0) is 28.9 Å². The standard InChI is InChI=1S/C12H10S3/c1-9-7-12-13-11(8-15(12)14-9)10-5-3-2-4-6-10/h2-8H,1H3. The average molecular weight is 250 g/mol. The zero-order chi connectivity index (χ0) is 10.3. The van der Waals surface area contributed by atoms with Gasteiger partial charge in [-0.15, -0.1) is 0 Å². The van der Waals surface area contributed by atoms with Crippen LogP contribution in [0.15, 0.2) is 46.7 Å². The van der Waals surface area contributed by atoms with Crippen LogP contribution in [0.25, 0.3) is 4.91 Å². The van der Waals surface area contributed by atoms with Gasteiger partial charge in [0.25, 0.3) is 0 Å². The Bertz CT molecular complexity index is 495. The highest BCUT2D eigenvalue weighted by molar-refractivity contribution is 8.90. The highest BCUT2D eigenvalue weighted by atomic mass is 33.1. The van der Waals surface area contributed by atoms with E-state index in [2.05, 4.69) is 48.7 Å². The number of thioether (sulfide) groups is 1. The van der Waals surface area contributed by atoms with Crippen molar-refractivity contribution >= 4 is 41.2 Å². The van der Waals surface area contributed by atoms with E-state index < -0.39 is 0 Å². The first-order valence-electron chi connectivity index (χ1n) is 4.75. The van der Waals surface area contributed by atoms with E-state index in [1.54, 1.807) is 0 Å². The van der Waals surface area contributed by atoms with Crippen molar-refractivity contribution in [2.75, 3.05) is 0 Å². The topological polar surface area (TPSA) is 0 Å². The molecule has 2 aliphatic heterocycles. The first-order valence-corrected chi connectivity index (χ1v) is 8.18. The van der Waals surface area contributed by atoms with Crippen molar-refractivity contribution in [1.82, 2.24) is 0 Å². The summed E-state index contributed by atoms with van der Waals surface area (Å²) in [7, 11) is 2.30. The molecule has 0 amide bonds. The maximum atomic E-state index is 2.41. The Hall–Kier alpha value is -0.380. The van der Waals surface area contributed by atoms with E-state index in [0.29, 0.717) is 9.52 Å². The van der Waals surface area contributed by atoms with Crippen molar-refractivity contribution in [2.45, 2.75) is 6.92 Å². The quantitative estimate of drug-likeness (QED) is 0.523. The summed E-state index contributed by atoms with van der Waals surface area (Å²) in [4.78, 5) is 2.87. The molecule has 1 aromatic carbocycles. The number of hydrogen-bond donors (Lipinski definition) is 0. The molecule has 0 saturated heterocycles. The second kappa shape index (κ2) is 3.89. The number of benzene rings is 1. The Kier molecular flexibility index (Phi) is 2.54. The van der Waals surface area contributed by atoms with Crippen molar-refractivity contribution in [1.29, 1.82) is 0 Å². The number of allylic oxidation sites excluding steroid dienone is 1. The van der Waals surface area contributed by atoms with Gasteiger partial charge in [0.1, 0.15) is 0 Å². The Morgan fingerprint density at radius 3 is 2.67 bits per heavy atom. The smallest absolute Gasteiger partial charge is 0.0506 e. The fourth-order valence-electron chi connectivity index (χ4n) is 1.54. The monoisotopic (exact) mass is 250 g/mol. The van der Waals surface area contributed by atoms with E-state index in [1.165, 1.54) is 19.6 Å². The summed E-state index contributed by atoms with van der Waals surface area (Å²) >= 11 is 1.93. The maximum Gasteiger partial charge on any atom is 0.0506 e. The van der Waals surface area contributed by atoms with E-state index in [-0.39, 0.29) is 0 Å². The Labute approximate surface area is 100 Å². The molecule has 76 valence electrons. The van der Waals surface area contributed by atoms with Crippen LogP contribution in [0.1, 0.15) is 12.5 Å². The predicted octanol–water partition coefficient (Wildman–Crippen LogP) is 4.70. The second-order valence-corrected chi connectivity index (χ2v) is 8.41. The third-order valence-corrected chi connectivity index (χ3v) is 8.05. The van der Waals surface area contributed by atoms with Gasteiger partial charge in [0.2, 0.25) is 0 Å². The van der Waals surface area contributed by atoms with Crippen molar-refractivity contribution in [2.24, 2.45) is 0 Å². The molecule has 0 saturated carbocycles. The van der Waals surface area contributed by atoms with Crippen LogP contribution >= 0.6 is 32.1 Å². The van der Waals surface area contributed by atoms with Crippen LogP contribution < -0.4 is 0 Å². The summed E-state index contributed by atoms with van der Waals surface area (Å²) in [6.07, 6.45) is 2.32. The van der Waals surface area contributed by atoms with Crippen LogP contribution in [0.3, 0.4) is 0 Å². The summed E-state index contributed by atoms with van der Waals surface area (Å²) in [5.74, 6) is 0. The molecule has 3 rings (SSSR count). The zero-order valence-electron chi connectivity index (χ0n) is 8.27. The first kappa shape index (κ1) is 9.82. The van der Waals surface area contributed by atoms with Crippen LogP contribution in [0, 0.1) is 0 Å². The Morgan fingerprint density at radius 2 is 1.93 bits per heavy atom. The van der Waals surface area contributed by atoms with E-state index in [1.807, 2.05) is 22.6 Å². The van der Waals surface area contributed by atoms with E-state index in [4.69, 9.17) is 0 Å². The SMILES string of the molecule is CC1=CC2=S(C=C(c3ccccc3)S2)S1. The first-order chi connectivity index (χ1) is 7.33. The minimum Gasteiger partial charge on any atom is -0.0841 e. The Morgan fingerprint density at radius 1 is 1.13 bits per heavy atom. The maximum absolute atomic E-state index is 2.41. The van der Waals surface area contributed by atoms with E-state index in [0.717, 1.165) is 0 Å². The fourth-order valence-corrected chi connectivity index (χ4v) is 7.55. The minimum absolute atomic E-state index is 0.313. The molecule has 1 unspecified atom stereocenters. The van der Waals surface area contributed by atoms with Crippen molar-refractivity contribution in [3.05, 3.63) is 52.3 Å². The fraction of sp³-hybridized carbons (Fsp3) is 0.0833. The normalized spacial score (nSPS) is 23.8. The summed E-state index contributed by atoms with van der Waals surface area (Å²) in [5, 5.41) is 2.41. The van der Waals surface area contributed by atoms with Crippen LogP contribution in [0.4, 0.5) is 0 Å². The van der Waals surface area contributed by atoms with Crippen LogP contribution in [0.2, 0.25) is 0 Å². The molecule has 1 aromatic rings. The van der Waals surface area contributed by atoms with Crippen LogP contribution in [-0.4, -0.2) is 4.20 Å². The molecule has 0 fully saturated rings. The summed E-state index contributed by atoms with van der Waals surface area (Å²) in [5.41, 5.74) is 1.35. The molecular formula is C12H10S3. The van der Waals surface area contributed by atoms with Crippen molar-refractivity contribution in [3.8, 4) is 0 Å². The molecule has 2 heterocycles. The van der Waals surface area contributed by atoms with Crippen LogP contribution in [-0.2, 0) is 0 Å². The molecule has 0 spiro atoms. The van der Waals surface area contributed by atoms with Gasteiger partial charge in [0.15, 0.2) is 0 Å². The van der Waals surface area contributed by atoms with Gasteiger partial charge in [-0.2, -0.15) is 0 Å². The zero-order valence-corrected chi connectivity index (χ0v) is 10.7. The molecule has 0 N–H and O–H groups in total. The van der Waals surface area contributed by atoms with Gasteiger partial charge >= 0.3 is 0 Å². The van der Waals surface area contributed by atoms with Gasteiger partial charge < -0.3 is 0 Å². The van der Waals surface area contributed by atoms with Crippen molar-refractivity contribution < 1.29 is 0 Å². The summed E-state index contributed by atoms with van der Waals surface area (Å²) in [6, 6.07) is 10.6. The molecule has 0 radical (unpaired) electrons. The van der Waals surface area contributed by atoms with Gasteiger partial charge in [-0.25, -0.2) is 0 Å². The lowest BCUT2D eigenvalue weighted by atomic mass is 10.2. The molecule has 3 heteroatoms. The lowest BCUT2D eigenvalue weighted by Crippen LogP contribution is -1.80. The second-order valence-electron chi connectivity index (χ2n) is 3.40. The molecule has 0 aromatic heterocycles. The van der Waals surface area contributed by atoms with E-state index in [9.17, 15) is 0 Å². The largest absolute Gasteiger partial charge is 0.0841 e. The highest BCUT2D eigenvalue weighted by Crippen LogP contribution is 2.55. The van der Waals surface area contributed by atoms with Gasteiger partial charge in [0.05, 0.1) is 4.20 Å². The van der Waals surface area contributed by atoms with Gasteiger partial charge in [0, 0.05) is 4.91 Å². The van der Waals surface area contributed by atoms with Crippen LogP contribution in [0.5, 0.6) is 0 Å². The molecular weight excluding hydrogens is 240 g/mol. The number of rotatable bonds is 1. The molecule has 0 aliphatic carbocycles. The van der Waals surface area contributed by atoms with Gasteiger partial charge in [-0.3, -0.25) is 0 Å². The molecule has 2 aliphatic rings. The minimum atomic E-state index is 0.313. The summed E-state index contributed by atoms with van der Waals surface area (Å²) < 4.78 is 1.52.